The van der Waals surface area contributed by atoms with E-state index in [-0.39, 0.29) is 11.9 Å². The Hall–Kier alpha value is -0.650. The zero-order valence-electron chi connectivity index (χ0n) is 8.03. The maximum Gasteiger partial charge on any atom is 0.146 e. The topological polar surface area (TPSA) is 50.9 Å². The quantitative estimate of drug-likeness (QED) is 0.577. The van der Waals surface area contributed by atoms with Gasteiger partial charge in [0.05, 0.1) is 6.20 Å². The van der Waals surface area contributed by atoms with Gasteiger partial charge in [-0.1, -0.05) is 0 Å². The van der Waals surface area contributed by atoms with E-state index >= 15 is 0 Å². The summed E-state index contributed by atoms with van der Waals surface area (Å²) in [5.74, 6) is 6.00. The highest BCUT2D eigenvalue weighted by molar-refractivity contribution is 7.98. The van der Waals surface area contributed by atoms with Gasteiger partial charge in [0.25, 0.3) is 0 Å². The number of halogens is 1. The number of aromatic nitrogens is 1. The fourth-order valence-corrected chi connectivity index (χ4v) is 1.70. The fourth-order valence-electron chi connectivity index (χ4n) is 1.23. The molecule has 0 aromatic carbocycles. The molecule has 1 aromatic rings. The van der Waals surface area contributed by atoms with Crippen molar-refractivity contribution in [3.8, 4) is 0 Å². The summed E-state index contributed by atoms with van der Waals surface area (Å²) < 4.78 is 13.3. The largest absolute Gasteiger partial charge is 0.271 e. The van der Waals surface area contributed by atoms with Crippen LogP contribution in [0.15, 0.2) is 18.5 Å². The molecule has 0 fully saturated rings. The number of thioether (sulfide) groups is 1. The zero-order valence-corrected chi connectivity index (χ0v) is 8.85. The van der Waals surface area contributed by atoms with Gasteiger partial charge in [0.15, 0.2) is 0 Å². The lowest BCUT2D eigenvalue weighted by Gasteiger charge is -2.15. The predicted molar refractivity (Wildman–Crippen MR) is 57.3 cm³/mol. The first kappa shape index (κ1) is 11.4. The molecule has 0 aliphatic carbocycles. The summed E-state index contributed by atoms with van der Waals surface area (Å²) in [6.45, 7) is 0. The Bertz CT molecular complexity index is 283. The molecule has 0 spiro atoms. The maximum absolute atomic E-state index is 13.3. The summed E-state index contributed by atoms with van der Waals surface area (Å²) in [6.07, 6.45) is 5.59. The average Bonchev–Trinajstić information content (AvgIpc) is 2.21. The molecule has 78 valence electrons. The van der Waals surface area contributed by atoms with Crippen LogP contribution in [-0.2, 0) is 0 Å². The van der Waals surface area contributed by atoms with Gasteiger partial charge < -0.3 is 0 Å². The minimum absolute atomic E-state index is 0.134. The second kappa shape index (κ2) is 5.95. The summed E-state index contributed by atoms with van der Waals surface area (Å²) in [7, 11) is 0. The third-order valence-corrected chi connectivity index (χ3v) is 2.64. The molecule has 3 N–H and O–H groups in total. The second-order valence-corrected chi connectivity index (χ2v) is 3.88. The van der Waals surface area contributed by atoms with Crippen molar-refractivity contribution in [2.24, 2.45) is 5.84 Å². The lowest BCUT2D eigenvalue weighted by Crippen LogP contribution is -2.29. The van der Waals surface area contributed by atoms with Crippen LogP contribution in [0.5, 0.6) is 0 Å². The van der Waals surface area contributed by atoms with E-state index in [9.17, 15) is 4.39 Å². The molecule has 1 unspecified atom stereocenters. The highest BCUT2D eigenvalue weighted by Gasteiger charge is 2.13. The van der Waals surface area contributed by atoms with E-state index in [4.69, 9.17) is 5.84 Å². The minimum Gasteiger partial charge on any atom is -0.271 e. The molecule has 14 heavy (non-hydrogen) atoms. The van der Waals surface area contributed by atoms with Crippen LogP contribution in [0.3, 0.4) is 0 Å². The van der Waals surface area contributed by atoms with E-state index in [1.165, 1.54) is 6.20 Å². The van der Waals surface area contributed by atoms with Crippen molar-refractivity contribution in [2.45, 2.75) is 12.5 Å². The van der Waals surface area contributed by atoms with Crippen molar-refractivity contribution in [3.05, 3.63) is 29.8 Å². The van der Waals surface area contributed by atoms with Crippen molar-refractivity contribution in [1.29, 1.82) is 0 Å². The van der Waals surface area contributed by atoms with E-state index in [1.807, 2.05) is 6.26 Å². The maximum atomic E-state index is 13.3. The summed E-state index contributed by atoms with van der Waals surface area (Å²) in [5, 5.41) is 0. The summed E-state index contributed by atoms with van der Waals surface area (Å²) in [6, 6.07) is 1.52. The molecule has 0 aliphatic heterocycles. The normalized spacial score (nSPS) is 12.8. The van der Waals surface area contributed by atoms with Crippen molar-refractivity contribution in [1.82, 2.24) is 10.4 Å². The molecule has 0 bridgehead atoms. The highest BCUT2D eigenvalue weighted by atomic mass is 32.2. The first-order valence-corrected chi connectivity index (χ1v) is 5.73. The molecule has 0 saturated carbocycles. The standard InChI is InChI=1S/C9H14FN3S/c1-14-5-3-9(13-11)7-2-4-12-6-8(7)10/h2,4,6,9,13H,3,5,11H2,1H3. The van der Waals surface area contributed by atoms with Crippen LogP contribution in [0, 0.1) is 5.82 Å². The van der Waals surface area contributed by atoms with E-state index in [1.54, 1.807) is 24.0 Å². The van der Waals surface area contributed by atoms with Crippen LogP contribution in [0.2, 0.25) is 0 Å². The monoisotopic (exact) mass is 215 g/mol. The van der Waals surface area contributed by atoms with Crippen molar-refractivity contribution in [2.75, 3.05) is 12.0 Å². The van der Waals surface area contributed by atoms with Crippen LogP contribution in [0.25, 0.3) is 0 Å². The Labute approximate surface area is 87.3 Å². The van der Waals surface area contributed by atoms with Gasteiger partial charge in [0.2, 0.25) is 0 Å². The van der Waals surface area contributed by atoms with Crippen LogP contribution < -0.4 is 11.3 Å². The molecular formula is C9H14FN3S. The van der Waals surface area contributed by atoms with Gasteiger partial charge in [-0.05, 0) is 24.5 Å². The third-order valence-electron chi connectivity index (χ3n) is 1.99. The Morgan fingerprint density at radius 3 is 3.07 bits per heavy atom. The Kier molecular flexibility index (Phi) is 4.86. The van der Waals surface area contributed by atoms with Gasteiger partial charge in [-0.2, -0.15) is 11.8 Å². The van der Waals surface area contributed by atoms with Crippen LogP contribution in [-0.4, -0.2) is 17.0 Å². The van der Waals surface area contributed by atoms with Crippen molar-refractivity contribution >= 4 is 11.8 Å². The Morgan fingerprint density at radius 1 is 1.71 bits per heavy atom. The number of hydrazine groups is 1. The highest BCUT2D eigenvalue weighted by Crippen LogP contribution is 2.19. The molecule has 3 nitrogen and oxygen atoms in total. The lowest BCUT2D eigenvalue weighted by molar-refractivity contribution is 0.502. The van der Waals surface area contributed by atoms with Crippen LogP contribution >= 0.6 is 11.8 Å². The van der Waals surface area contributed by atoms with E-state index in [2.05, 4.69) is 10.4 Å². The first-order chi connectivity index (χ1) is 6.79. The number of rotatable bonds is 5. The number of hydrogen-bond acceptors (Lipinski definition) is 4. The molecule has 1 rings (SSSR count). The SMILES string of the molecule is CSCCC(NN)c1ccncc1F. The van der Waals surface area contributed by atoms with Gasteiger partial charge >= 0.3 is 0 Å². The first-order valence-electron chi connectivity index (χ1n) is 4.34. The van der Waals surface area contributed by atoms with Gasteiger partial charge in [0, 0.05) is 17.8 Å². The summed E-state index contributed by atoms with van der Waals surface area (Å²) in [5.41, 5.74) is 3.19. The van der Waals surface area contributed by atoms with Crippen molar-refractivity contribution in [3.63, 3.8) is 0 Å². The number of nitrogens with one attached hydrogen (secondary N) is 1. The predicted octanol–water partition coefficient (Wildman–Crippen LogP) is 1.48. The van der Waals surface area contributed by atoms with Crippen LogP contribution in [0.4, 0.5) is 4.39 Å². The molecule has 0 amide bonds. The van der Waals surface area contributed by atoms with E-state index < -0.39 is 0 Å². The smallest absolute Gasteiger partial charge is 0.146 e. The Balaban J connectivity index is 2.73. The summed E-state index contributed by atoms with van der Waals surface area (Å²) >= 11 is 1.71. The van der Waals surface area contributed by atoms with Gasteiger partial charge in [-0.25, -0.2) is 4.39 Å². The third kappa shape index (κ3) is 2.94. The molecule has 0 aliphatic rings. The molecule has 0 saturated heterocycles. The van der Waals surface area contributed by atoms with Gasteiger partial charge in [-0.3, -0.25) is 16.3 Å². The number of hydrogen-bond donors (Lipinski definition) is 2. The molecule has 0 radical (unpaired) electrons. The lowest BCUT2D eigenvalue weighted by atomic mass is 10.1. The van der Waals surface area contributed by atoms with Crippen LogP contribution in [0.1, 0.15) is 18.0 Å². The van der Waals surface area contributed by atoms with Crippen molar-refractivity contribution < 1.29 is 4.39 Å². The molecule has 5 heteroatoms. The minimum atomic E-state index is -0.309. The summed E-state index contributed by atoms with van der Waals surface area (Å²) in [4.78, 5) is 3.69. The zero-order chi connectivity index (χ0) is 10.4. The van der Waals surface area contributed by atoms with E-state index in [0.717, 1.165) is 12.2 Å². The number of nitrogens with zero attached hydrogens (tertiary/aromatic N) is 1. The van der Waals surface area contributed by atoms with E-state index in [0.29, 0.717) is 5.56 Å². The average molecular weight is 215 g/mol. The van der Waals surface area contributed by atoms with Gasteiger partial charge in [0.1, 0.15) is 5.82 Å². The molecule has 1 aromatic heterocycles. The molecule has 1 atom stereocenters. The number of pyridine rings is 1. The number of nitrogens with two attached hydrogens (primary N) is 1. The van der Waals surface area contributed by atoms with Gasteiger partial charge in [-0.15, -0.1) is 0 Å². The fraction of sp³-hybridized carbons (Fsp3) is 0.444. The molecule has 1 heterocycles. The molecular weight excluding hydrogens is 201 g/mol. The second-order valence-electron chi connectivity index (χ2n) is 2.90. The Morgan fingerprint density at radius 2 is 2.50 bits per heavy atom.